The van der Waals surface area contributed by atoms with Gasteiger partial charge in [0, 0.05) is 37.8 Å². The van der Waals surface area contributed by atoms with Crippen molar-refractivity contribution in [2.75, 3.05) is 33.2 Å². The van der Waals surface area contributed by atoms with E-state index in [4.69, 9.17) is 0 Å². The fourth-order valence-corrected chi connectivity index (χ4v) is 2.98. The third kappa shape index (κ3) is 4.87. The van der Waals surface area contributed by atoms with Gasteiger partial charge in [-0.2, -0.15) is 0 Å². The Morgan fingerprint density at radius 1 is 1.17 bits per heavy atom. The molecule has 1 saturated heterocycles. The van der Waals surface area contributed by atoms with Crippen LogP contribution in [0.15, 0.2) is 0 Å². The number of nitrogens with one attached hydrogen (secondary N) is 1. The van der Waals surface area contributed by atoms with Crippen LogP contribution in [0.3, 0.4) is 0 Å². The number of likely N-dealkylation sites (N-methyl/N-ethyl adjacent to an activating group) is 1. The highest BCUT2D eigenvalue weighted by Crippen LogP contribution is 2.17. The lowest BCUT2D eigenvalue weighted by atomic mass is 10.00. The second kappa shape index (κ2) is 7.46. The maximum Gasteiger partial charge on any atom is 0.0247 e. The van der Waals surface area contributed by atoms with Crippen LogP contribution in [0.4, 0.5) is 0 Å². The smallest absolute Gasteiger partial charge is 0.0247 e. The van der Waals surface area contributed by atoms with E-state index in [2.05, 4.69) is 56.8 Å². The topological polar surface area (TPSA) is 18.5 Å². The van der Waals surface area contributed by atoms with Crippen LogP contribution >= 0.6 is 0 Å². The minimum absolute atomic E-state index is 0.580. The zero-order valence-electron chi connectivity index (χ0n) is 13.2. The Morgan fingerprint density at radius 2 is 1.83 bits per heavy atom. The molecule has 1 rings (SSSR count). The van der Waals surface area contributed by atoms with Crippen LogP contribution in [0.1, 0.15) is 41.0 Å². The van der Waals surface area contributed by atoms with Gasteiger partial charge in [0.25, 0.3) is 0 Å². The largest absolute Gasteiger partial charge is 0.313 e. The molecule has 1 heterocycles. The van der Waals surface area contributed by atoms with Gasteiger partial charge in [-0.3, -0.25) is 4.90 Å². The summed E-state index contributed by atoms with van der Waals surface area (Å²) in [5, 5.41) is 3.62. The number of nitrogens with zero attached hydrogens (tertiary/aromatic N) is 2. The van der Waals surface area contributed by atoms with Gasteiger partial charge in [-0.25, -0.2) is 0 Å². The molecule has 0 amide bonds. The Kier molecular flexibility index (Phi) is 6.61. The van der Waals surface area contributed by atoms with Crippen molar-refractivity contribution >= 4 is 0 Å². The van der Waals surface area contributed by atoms with Crippen LogP contribution in [-0.4, -0.2) is 61.2 Å². The van der Waals surface area contributed by atoms with Gasteiger partial charge in [0.1, 0.15) is 0 Å². The first-order chi connectivity index (χ1) is 8.41. The van der Waals surface area contributed by atoms with Gasteiger partial charge in [0.05, 0.1) is 0 Å². The molecule has 0 radical (unpaired) electrons. The fraction of sp³-hybridized carbons (Fsp3) is 1.00. The zero-order chi connectivity index (χ0) is 13.7. The predicted molar refractivity (Wildman–Crippen MR) is 80.0 cm³/mol. The zero-order valence-corrected chi connectivity index (χ0v) is 13.2. The highest BCUT2D eigenvalue weighted by Gasteiger charge is 2.28. The van der Waals surface area contributed by atoms with Crippen molar-refractivity contribution in [1.29, 1.82) is 0 Å². The maximum atomic E-state index is 3.62. The molecule has 0 bridgehead atoms. The average molecular weight is 255 g/mol. The van der Waals surface area contributed by atoms with Gasteiger partial charge >= 0.3 is 0 Å². The van der Waals surface area contributed by atoms with Crippen molar-refractivity contribution in [2.45, 2.75) is 59.2 Å². The first kappa shape index (κ1) is 15.9. The third-order valence-electron chi connectivity index (χ3n) is 4.03. The molecule has 1 fully saturated rings. The van der Waals surface area contributed by atoms with Crippen LogP contribution in [-0.2, 0) is 0 Å². The minimum atomic E-state index is 0.580. The molecule has 0 aromatic rings. The van der Waals surface area contributed by atoms with Crippen molar-refractivity contribution in [3.63, 3.8) is 0 Å². The van der Waals surface area contributed by atoms with E-state index in [0.29, 0.717) is 24.0 Å². The van der Waals surface area contributed by atoms with Gasteiger partial charge in [0.15, 0.2) is 0 Å². The van der Waals surface area contributed by atoms with Crippen LogP contribution in [0.5, 0.6) is 0 Å². The van der Waals surface area contributed by atoms with Gasteiger partial charge in [-0.05, 0) is 32.9 Å². The SMILES string of the molecule is CC(C)NCC(C(C)C)N1CCCN(C)CC1C. The molecule has 0 aromatic heterocycles. The summed E-state index contributed by atoms with van der Waals surface area (Å²) in [4.78, 5) is 5.20. The molecule has 2 atom stereocenters. The predicted octanol–water partition coefficient (Wildman–Crippen LogP) is 2.04. The van der Waals surface area contributed by atoms with Gasteiger partial charge < -0.3 is 10.2 Å². The summed E-state index contributed by atoms with van der Waals surface area (Å²) in [5.41, 5.74) is 0. The molecule has 2 unspecified atom stereocenters. The summed E-state index contributed by atoms with van der Waals surface area (Å²) in [5.74, 6) is 0.710. The van der Waals surface area contributed by atoms with Crippen molar-refractivity contribution < 1.29 is 0 Å². The van der Waals surface area contributed by atoms with Crippen molar-refractivity contribution in [3.8, 4) is 0 Å². The van der Waals surface area contributed by atoms with E-state index in [1.165, 1.54) is 26.1 Å². The molecule has 3 heteroatoms. The number of rotatable bonds is 5. The molecule has 0 spiro atoms. The molecular formula is C15H33N3. The summed E-state index contributed by atoms with van der Waals surface area (Å²) in [6, 6.07) is 1.91. The monoisotopic (exact) mass is 255 g/mol. The van der Waals surface area contributed by atoms with Crippen LogP contribution < -0.4 is 5.32 Å². The van der Waals surface area contributed by atoms with Crippen LogP contribution in [0.25, 0.3) is 0 Å². The Bertz CT molecular complexity index is 228. The van der Waals surface area contributed by atoms with Crippen LogP contribution in [0.2, 0.25) is 0 Å². The van der Waals surface area contributed by atoms with Crippen molar-refractivity contribution in [3.05, 3.63) is 0 Å². The number of hydrogen-bond donors (Lipinski definition) is 1. The Hall–Kier alpha value is -0.120. The second-order valence-electron chi connectivity index (χ2n) is 6.58. The number of hydrogen-bond acceptors (Lipinski definition) is 3. The van der Waals surface area contributed by atoms with E-state index >= 15 is 0 Å². The molecule has 0 aromatic carbocycles. The highest BCUT2D eigenvalue weighted by atomic mass is 15.3. The molecule has 1 N–H and O–H groups in total. The first-order valence-corrected chi connectivity index (χ1v) is 7.59. The minimum Gasteiger partial charge on any atom is -0.313 e. The van der Waals surface area contributed by atoms with Gasteiger partial charge in [-0.1, -0.05) is 27.7 Å². The second-order valence-corrected chi connectivity index (χ2v) is 6.58. The normalized spacial score (nSPS) is 25.7. The van der Waals surface area contributed by atoms with E-state index in [-0.39, 0.29) is 0 Å². The lowest BCUT2D eigenvalue weighted by molar-refractivity contribution is 0.107. The van der Waals surface area contributed by atoms with Crippen molar-refractivity contribution in [1.82, 2.24) is 15.1 Å². The molecular weight excluding hydrogens is 222 g/mol. The summed E-state index contributed by atoms with van der Waals surface area (Å²) >= 11 is 0. The lowest BCUT2D eigenvalue weighted by Crippen LogP contribution is -2.52. The molecule has 1 aliphatic rings. The molecule has 108 valence electrons. The summed E-state index contributed by atoms with van der Waals surface area (Å²) < 4.78 is 0. The summed E-state index contributed by atoms with van der Waals surface area (Å²) in [6.07, 6.45) is 1.30. The quantitative estimate of drug-likeness (QED) is 0.811. The van der Waals surface area contributed by atoms with Gasteiger partial charge in [0.2, 0.25) is 0 Å². The van der Waals surface area contributed by atoms with Crippen LogP contribution in [0, 0.1) is 5.92 Å². The molecule has 1 aliphatic heterocycles. The average Bonchev–Trinajstić information content (AvgIpc) is 2.40. The van der Waals surface area contributed by atoms with E-state index < -0.39 is 0 Å². The standard InChI is InChI=1S/C15H33N3/c1-12(2)15(10-16-13(3)4)18-9-7-8-17(6)11-14(18)5/h12-16H,7-11H2,1-6H3. The van der Waals surface area contributed by atoms with E-state index in [0.717, 1.165) is 6.54 Å². The Labute approximate surface area is 114 Å². The lowest BCUT2D eigenvalue weighted by Gasteiger charge is -2.38. The summed E-state index contributed by atoms with van der Waals surface area (Å²) in [7, 11) is 2.25. The fourth-order valence-electron chi connectivity index (χ4n) is 2.98. The Balaban J connectivity index is 2.64. The van der Waals surface area contributed by atoms with E-state index in [1.54, 1.807) is 0 Å². The van der Waals surface area contributed by atoms with Crippen molar-refractivity contribution in [2.24, 2.45) is 5.92 Å². The maximum absolute atomic E-state index is 3.62. The third-order valence-corrected chi connectivity index (χ3v) is 4.03. The molecule has 18 heavy (non-hydrogen) atoms. The first-order valence-electron chi connectivity index (χ1n) is 7.59. The van der Waals surface area contributed by atoms with Gasteiger partial charge in [-0.15, -0.1) is 0 Å². The van der Waals surface area contributed by atoms with E-state index in [9.17, 15) is 0 Å². The highest BCUT2D eigenvalue weighted by molar-refractivity contribution is 4.85. The molecule has 0 saturated carbocycles. The Morgan fingerprint density at radius 3 is 2.39 bits per heavy atom. The van der Waals surface area contributed by atoms with E-state index in [1.807, 2.05) is 0 Å². The summed E-state index contributed by atoms with van der Waals surface area (Å²) in [6.45, 7) is 16.4. The molecule has 3 nitrogen and oxygen atoms in total. The molecule has 0 aliphatic carbocycles.